The molecule has 0 aliphatic carbocycles. The van der Waals surface area contributed by atoms with Gasteiger partial charge in [-0.15, -0.1) is 0 Å². The summed E-state index contributed by atoms with van der Waals surface area (Å²) in [6.07, 6.45) is 4.55. The number of hydrogen-bond donors (Lipinski definition) is 2. The average molecular weight is 225 g/mol. The summed E-state index contributed by atoms with van der Waals surface area (Å²) in [6.45, 7) is 6.49. The van der Waals surface area contributed by atoms with Crippen molar-refractivity contribution in [3.05, 3.63) is 12.4 Å². The summed E-state index contributed by atoms with van der Waals surface area (Å²) in [4.78, 5) is 15.4. The Morgan fingerprint density at radius 3 is 2.56 bits per heavy atom. The van der Waals surface area contributed by atoms with Crippen LogP contribution < -0.4 is 5.32 Å². The average Bonchev–Trinajstić information content (AvgIpc) is 2.72. The minimum atomic E-state index is -0.918. The number of carboxylic acid groups (broad SMARTS) is 1. The van der Waals surface area contributed by atoms with Crippen molar-refractivity contribution in [1.82, 2.24) is 9.55 Å². The fourth-order valence-electron chi connectivity index (χ4n) is 1.69. The Kier molecular flexibility index (Phi) is 3.93. The number of rotatable bonds is 6. The Morgan fingerprint density at radius 2 is 2.12 bits per heavy atom. The third kappa shape index (κ3) is 2.18. The lowest BCUT2D eigenvalue weighted by atomic mass is 9.93. The van der Waals surface area contributed by atoms with E-state index in [2.05, 4.69) is 10.3 Å². The highest BCUT2D eigenvalue weighted by atomic mass is 16.4. The first kappa shape index (κ1) is 12.5. The molecule has 1 aromatic rings. The molecule has 0 amide bonds. The van der Waals surface area contributed by atoms with Gasteiger partial charge in [-0.2, -0.15) is 0 Å². The summed E-state index contributed by atoms with van der Waals surface area (Å²) in [7, 11) is 0. The SMILES string of the molecule is CCn1ccnc1NC(CC)(CC)C(=O)O. The van der Waals surface area contributed by atoms with E-state index in [1.807, 2.05) is 31.5 Å². The topological polar surface area (TPSA) is 67.2 Å². The highest BCUT2D eigenvalue weighted by Crippen LogP contribution is 2.21. The van der Waals surface area contributed by atoms with Crippen molar-refractivity contribution in [2.75, 3.05) is 5.32 Å². The zero-order valence-corrected chi connectivity index (χ0v) is 10.0. The first-order valence-electron chi connectivity index (χ1n) is 5.62. The zero-order chi connectivity index (χ0) is 12.2. The van der Waals surface area contributed by atoms with Gasteiger partial charge in [-0.3, -0.25) is 0 Å². The first-order chi connectivity index (χ1) is 7.59. The minimum absolute atomic E-state index is 0.523. The normalized spacial score (nSPS) is 11.4. The number of hydrogen-bond acceptors (Lipinski definition) is 3. The zero-order valence-electron chi connectivity index (χ0n) is 10.0. The summed E-state index contributed by atoms with van der Waals surface area (Å²) in [5, 5.41) is 12.3. The van der Waals surface area contributed by atoms with E-state index in [-0.39, 0.29) is 0 Å². The molecule has 1 aromatic heterocycles. The summed E-state index contributed by atoms with van der Waals surface area (Å²) >= 11 is 0. The third-order valence-corrected chi connectivity index (χ3v) is 3.02. The van der Waals surface area contributed by atoms with Crippen LogP contribution in [0.15, 0.2) is 12.4 Å². The van der Waals surface area contributed by atoms with Crippen molar-refractivity contribution in [2.45, 2.75) is 45.7 Å². The molecule has 1 rings (SSSR count). The molecule has 1 heterocycles. The van der Waals surface area contributed by atoms with Crippen molar-refractivity contribution < 1.29 is 9.90 Å². The molecule has 0 aliphatic heterocycles. The fraction of sp³-hybridized carbons (Fsp3) is 0.636. The molecule has 0 atom stereocenters. The molecule has 5 nitrogen and oxygen atoms in total. The van der Waals surface area contributed by atoms with E-state index in [0.29, 0.717) is 18.8 Å². The van der Waals surface area contributed by atoms with E-state index in [4.69, 9.17) is 0 Å². The lowest BCUT2D eigenvalue weighted by Crippen LogP contribution is -2.46. The molecule has 0 radical (unpaired) electrons. The van der Waals surface area contributed by atoms with E-state index in [1.54, 1.807) is 6.20 Å². The number of nitrogens with one attached hydrogen (secondary N) is 1. The lowest BCUT2D eigenvalue weighted by molar-refractivity contribution is -0.142. The molecule has 0 saturated heterocycles. The van der Waals surface area contributed by atoms with Crippen molar-refractivity contribution in [3.8, 4) is 0 Å². The van der Waals surface area contributed by atoms with Crippen LogP contribution in [0.4, 0.5) is 5.95 Å². The number of anilines is 1. The smallest absolute Gasteiger partial charge is 0.329 e. The Morgan fingerprint density at radius 1 is 1.50 bits per heavy atom. The van der Waals surface area contributed by atoms with Gasteiger partial charge in [0.2, 0.25) is 5.95 Å². The van der Waals surface area contributed by atoms with Crippen LogP contribution in [0.5, 0.6) is 0 Å². The van der Waals surface area contributed by atoms with Crippen LogP contribution in [-0.2, 0) is 11.3 Å². The molecule has 90 valence electrons. The van der Waals surface area contributed by atoms with Crippen LogP contribution in [-0.4, -0.2) is 26.2 Å². The maximum Gasteiger partial charge on any atom is 0.329 e. The Bertz CT molecular complexity index is 356. The predicted molar refractivity (Wildman–Crippen MR) is 62.5 cm³/mol. The standard InChI is InChI=1S/C11H19N3O2/c1-4-11(5-2,9(15)16)13-10-12-7-8-14(10)6-3/h7-8H,4-6H2,1-3H3,(H,12,13)(H,15,16). The fourth-order valence-corrected chi connectivity index (χ4v) is 1.69. The van der Waals surface area contributed by atoms with E-state index in [0.717, 1.165) is 6.54 Å². The Hall–Kier alpha value is -1.52. The second-order valence-electron chi connectivity index (χ2n) is 3.76. The molecular weight excluding hydrogens is 206 g/mol. The highest BCUT2D eigenvalue weighted by Gasteiger charge is 2.35. The summed E-state index contributed by atoms with van der Waals surface area (Å²) < 4.78 is 1.89. The molecular formula is C11H19N3O2. The number of carbonyl (C=O) groups is 1. The van der Waals surface area contributed by atoms with Crippen molar-refractivity contribution in [3.63, 3.8) is 0 Å². The molecule has 0 bridgehead atoms. The Labute approximate surface area is 95.5 Å². The summed E-state index contributed by atoms with van der Waals surface area (Å²) in [5.74, 6) is -0.211. The van der Waals surface area contributed by atoms with Crippen LogP contribution in [0.2, 0.25) is 0 Å². The van der Waals surface area contributed by atoms with Gasteiger partial charge in [0, 0.05) is 18.9 Å². The molecule has 2 N–H and O–H groups in total. The third-order valence-electron chi connectivity index (χ3n) is 3.02. The number of aliphatic carboxylic acids is 1. The molecule has 5 heteroatoms. The van der Waals surface area contributed by atoms with Gasteiger partial charge in [0.25, 0.3) is 0 Å². The molecule has 0 aliphatic rings. The monoisotopic (exact) mass is 225 g/mol. The van der Waals surface area contributed by atoms with Crippen LogP contribution in [0, 0.1) is 0 Å². The highest BCUT2D eigenvalue weighted by molar-refractivity contribution is 5.82. The molecule has 0 fully saturated rings. The van der Waals surface area contributed by atoms with Crippen molar-refractivity contribution in [1.29, 1.82) is 0 Å². The molecule has 0 unspecified atom stereocenters. The predicted octanol–water partition coefficient (Wildman–Crippen LogP) is 1.96. The quantitative estimate of drug-likeness (QED) is 0.776. The largest absolute Gasteiger partial charge is 0.480 e. The van der Waals surface area contributed by atoms with Crippen LogP contribution in [0.3, 0.4) is 0 Å². The lowest BCUT2D eigenvalue weighted by Gasteiger charge is -2.28. The van der Waals surface area contributed by atoms with E-state index in [1.165, 1.54) is 0 Å². The number of aromatic nitrogens is 2. The number of carboxylic acids is 1. The van der Waals surface area contributed by atoms with Gasteiger partial charge in [-0.05, 0) is 19.8 Å². The van der Waals surface area contributed by atoms with Crippen LogP contribution in [0.25, 0.3) is 0 Å². The molecule has 0 spiro atoms. The van der Waals surface area contributed by atoms with Gasteiger partial charge < -0.3 is 15.0 Å². The maximum atomic E-state index is 11.3. The summed E-state index contributed by atoms with van der Waals surface area (Å²) in [5.41, 5.74) is -0.918. The van der Waals surface area contributed by atoms with Gasteiger partial charge in [0.05, 0.1) is 0 Å². The van der Waals surface area contributed by atoms with Gasteiger partial charge in [-0.25, -0.2) is 9.78 Å². The summed E-state index contributed by atoms with van der Waals surface area (Å²) in [6, 6.07) is 0. The second kappa shape index (κ2) is 5.01. The van der Waals surface area contributed by atoms with Crippen LogP contribution in [0.1, 0.15) is 33.6 Å². The van der Waals surface area contributed by atoms with Gasteiger partial charge >= 0.3 is 5.97 Å². The first-order valence-corrected chi connectivity index (χ1v) is 5.62. The maximum absolute atomic E-state index is 11.3. The second-order valence-corrected chi connectivity index (χ2v) is 3.76. The molecule has 0 saturated carbocycles. The van der Waals surface area contributed by atoms with Gasteiger partial charge in [-0.1, -0.05) is 13.8 Å². The number of aryl methyl sites for hydroxylation is 1. The van der Waals surface area contributed by atoms with E-state index < -0.39 is 11.5 Å². The van der Waals surface area contributed by atoms with Gasteiger partial charge in [0.15, 0.2) is 0 Å². The molecule has 16 heavy (non-hydrogen) atoms. The van der Waals surface area contributed by atoms with Crippen molar-refractivity contribution in [2.24, 2.45) is 0 Å². The Balaban J connectivity index is 2.96. The number of nitrogens with zero attached hydrogens (tertiary/aromatic N) is 2. The van der Waals surface area contributed by atoms with Crippen molar-refractivity contribution >= 4 is 11.9 Å². The van der Waals surface area contributed by atoms with E-state index in [9.17, 15) is 9.90 Å². The minimum Gasteiger partial charge on any atom is -0.480 e. The number of imidazole rings is 1. The van der Waals surface area contributed by atoms with Gasteiger partial charge in [0.1, 0.15) is 5.54 Å². The molecule has 0 aromatic carbocycles. The van der Waals surface area contributed by atoms with E-state index >= 15 is 0 Å². The van der Waals surface area contributed by atoms with Crippen LogP contribution >= 0.6 is 0 Å².